The highest BCUT2D eigenvalue weighted by Gasteiger charge is 2.48. The largest absolute Gasteiger partial charge is 0.497 e. The van der Waals surface area contributed by atoms with E-state index in [9.17, 15) is 14.4 Å². The molecule has 0 aliphatic carbocycles. The molecule has 112 valence electrons. The minimum absolute atomic E-state index is 0.251. The van der Waals surface area contributed by atoms with Crippen molar-refractivity contribution in [2.75, 3.05) is 19.1 Å². The summed E-state index contributed by atoms with van der Waals surface area (Å²) in [6.45, 7) is 2.92. The summed E-state index contributed by atoms with van der Waals surface area (Å²) in [5, 5.41) is 2.17. The Kier molecular flexibility index (Phi) is 3.59. The van der Waals surface area contributed by atoms with E-state index in [1.54, 1.807) is 12.1 Å². The van der Waals surface area contributed by atoms with Crippen molar-refractivity contribution in [2.24, 2.45) is 5.41 Å². The van der Waals surface area contributed by atoms with Crippen LogP contribution in [0.15, 0.2) is 18.2 Å². The molecule has 0 radical (unpaired) electrons. The molecule has 0 atom stereocenters. The van der Waals surface area contributed by atoms with Gasteiger partial charge in [0.05, 0.1) is 19.9 Å². The second-order valence-electron chi connectivity index (χ2n) is 5.06. The second-order valence-corrected chi connectivity index (χ2v) is 5.06. The average molecular weight is 292 g/mol. The lowest BCUT2D eigenvalue weighted by molar-refractivity contribution is -0.140. The third kappa shape index (κ3) is 2.31. The van der Waals surface area contributed by atoms with Crippen molar-refractivity contribution in [2.45, 2.75) is 13.8 Å². The van der Waals surface area contributed by atoms with Gasteiger partial charge in [0.25, 0.3) is 0 Å². The maximum atomic E-state index is 12.4. The zero-order valence-electron chi connectivity index (χ0n) is 12.2. The number of imide groups is 2. The number of anilines is 1. The average Bonchev–Trinajstić information content (AvgIpc) is 2.46. The number of barbiturate groups is 1. The smallest absolute Gasteiger partial charge is 0.335 e. The first-order valence-corrected chi connectivity index (χ1v) is 6.25. The number of hydrogen-bond acceptors (Lipinski definition) is 5. The predicted octanol–water partition coefficient (Wildman–Crippen LogP) is 1.31. The molecule has 2 rings (SSSR count). The van der Waals surface area contributed by atoms with E-state index in [2.05, 4.69) is 5.32 Å². The lowest BCUT2D eigenvalue weighted by Crippen LogP contribution is -2.62. The van der Waals surface area contributed by atoms with Crippen LogP contribution in [0.4, 0.5) is 10.5 Å². The quantitative estimate of drug-likeness (QED) is 0.849. The van der Waals surface area contributed by atoms with Gasteiger partial charge in [-0.15, -0.1) is 0 Å². The Hall–Kier alpha value is -2.57. The molecular formula is C14H16N2O5. The first kappa shape index (κ1) is 14.8. The molecule has 1 saturated heterocycles. The predicted molar refractivity (Wildman–Crippen MR) is 74.4 cm³/mol. The number of hydrogen-bond donors (Lipinski definition) is 1. The van der Waals surface area contributed by atoms with Gasteiger partial charge in [0.15, 0.2) is 0 Å². The fourth-order valence-corrected chi connectivity index (χ4v) is 1.97. The topological polar surface area (TPSA) is 84.9 Å². The molecule has 1 heterocycles. The summed E-state index contributed by atoms with van der Waals surface area (Å²) < 4.78 is 10.3. The van der Waals surface area contributed by atoms with E-state index >= 15 is 0 Å². The normalized spacial score (nSPS) is 17.5. The molecule has 1 aromatic rings. The highest BCUT2D eigenvalue weighted by molar-refractivity contribution is 6.29. The standard InChI is InChI=1S/C14H16N2O5/c1-14(2)11(17)15-13(19)16(12(14)18)9-6-5-8(20-3)7-10(9)21-4/h5-7H,1-4H3,(H,15,17,19). The number of urea groups is 1. The second kappa shape index (κ2) is 5.08. The third-order valence-corrected chi connectivity index (χ3v) is 3.36. The van der Waals surface area contributed by atoms with Crippen LogP contribution in [0.1, 0.15) is 13.8 Å². The number of ether oxygens (including phenoxy) is 2. The van der Waals surface area contributed by atoms with Crippen molar-refractivity contribution >= 4 is 23.5 Å². The van der Waals surface area contributed by atoms with Crippen LogP contribution in [0, 0.1) is 5.41 Å². The van der Waals surface area contributed by atoms with Gasteiger partial charge in [0.1, 0.15) is 16.9 Å². The summed E-state index contributed by atoms with van der Waals surface area (Å²) >= 11 is 0. The molecule has 1 aliphatic heterocycles. The van der Waals surface area contributed by atoms with Crippen LogP contribution in [0.5, 0.6) is 11.5 Å². The Labute approximate surface area is 121 Å². The lowest BCUT2D eigenvalue weighted by atomic mass is 9.88. The first-order valence-electron chi connectivity index (χ1n) is 6.25. The fraction of sp³-hybridized carbons (Fsp3) is 0.357. The molecule has 7 heteroatoms. The number of carbonyl (C=O) groups is 3. The van der Waals surface area contributed by atoms with E-state index in [0.29, 0.717) is 11.5 Å². The summed E-state index contributed by atoms with van der Waals surface area (Å²) in [4.78, 5) is 37.1. The van der Waals surface area contributed by atoms with Crippen LogP contribution in [-0.4, -0.2) is 32.1 Å². The van der Waals surface area contributed by atoms with Crippen LogP contribution in [-0.2, 0) is 9.59 Å². The van der Waals surface area contributed by atoms with Crippen LogP contribution in [0.3, 0.4) is 0 Å². The van der Waals surface area contributed by atoms with Gasteiger partial charge in [0.2, 0.25) is 11.8 Å². The lowest BCUT2D eigenvalue weighted by Gasteiger charge is -2.35. The number of amides is 4. The van der Waals surface area contributed by atoms with Crippen LogP contribution < -0.4 is 19.7 Å². The van der Waals surface area contributed by atoms with Gasteiger partial charge in [-0.25, -0.2) is 9.69 Å². The van der Waals surface area contributed by atoms with E-state index in [0.717, 1.165) is 4.90 Å². The molecule has 0 saturated carbocycles. The summed E-state index contributed by atoms with van der Waals surface area (Å²) in [5.74, 6) is -0.417. The summed E-state index contributed by atoms with van der Waals surface area (Å²) in [6.07, 6.45) is 0. The first-order chi connectivity index (χ1) is 9.82. The maximum Gasteiger partial charge on any atom is 0.335 e. The van der Waals surface area contributed by atoms with Crippen LogP contribution >= 0.6 is 0 Å². The molecule has 1 fully saturated rings. The van der Waals surface area contributed by atoms with E-state index in [1.165, 1.54) is 34.1 Å². The van der Waals surface area contributed by atoms with Crippen LogP contribution in [0.25, 0.3) is 0 Å². The van der Waals surface area contributed by atoms with Crippen molar-refractivity contribution in [1.82, 2.24) is 5.32 Å². The van der Waals surface area contributed by atoms with Gasteiger partial charge in [-0.3, -0.25) is 14.9 Å². The molecule has 1 aliphatic rings. The van der Waals surface area contributed by atoms with E-state index in [4.69, 9.17) is 9.47 Å². The van der Waals surface area contributed by atoms with Crippen molar-refractivity contribution in [1.29, 1.82) is 0 Å². The Morgan fingerprint density at radius 2 is 1.76 bits per heavy atom. The zero-order valence-corrected chi connectivity index (χ0v) is 12.2. The molecule has 1 aromatic carbocycles. The molecule has 4 amide bonds. The number of nitrogens with one attached hydrogen (secondary N) is 1. The molecule has 0 aromatic heterocycles. The van der Waals surface area contributed by atoms with Crippen molar-refractivity contribution in [3.63, 3.8) is 0 Å². The van der Waals surface area contributed by atoms with Gasteiger partial charge in [-0.2, -0.15) is 0 Å². The molecule has 1 N–H and O–H groups in total. The monoisotopic (exact) mass is 292 g/mol. The van der Waals surface area contributed by atoms with Crippen molar-refractivity contribution < 1.29 is 23.9 Å². The fourth-order valence-electron chi connectivity index (χ4n) is 1.97. The SMILES string of the molecule is COc1ccc(N2C(=O)NC(=O)C(C)(C)C2=O)c(OC)c1. The zero-order chi connectivity index (χ0) is 15.8. The van der Waals surface area contributed by atoms with E-state index < -0.39 is 23.3 Å². The highest BCUT2D eigenvalue weighted by Crippen LogP contribution is 2.36. The summed E-state index contributed by atoms with van der Waals surface area (Å²) in [7, 11) is 2.91. The number of benzene rings is 1. The number of methoxy groups -OCH3 is 2. The van der Waals surface area contributed by atoms with Gasteiger partial charge in [-0.05, 0) is 26.0 Å². The number of carbonyl (C=O) groups excluding carboxylic acids is 3. The van der Waals surface area contributed by atoms with Gasteiger partial charge < -0.3 is 9.47 Å². The summed E-state index contributed by atoms with van der Waals surface area (Å²) in [5.41, 5.74) is -1.08. The number of nitrogens with zero attached hydrogens (tertiary/aromatic N) is 1. The van der Waals surface area contributed by atoms with Crippen molar-refractivity contribution in [3.05, 3.63) is 18.2 Å². The molecule has 0 bridgehead atoms. The van der Waals surface area contributed by atoms with Crippen LogP contribution in [0.2, 0.25) is 0 Å². The summed E-state index contributed by atoms with van der Waals surface area (Å²) in [6, 6.07) is 3.88. The minimum Gasteiger partial charge on any atom is -0.497 e. The Bertz CT molecular complexity index is 624. The maximum absolute atomic E-state index is 12.4. The molecule has 21 heavy (non-hydrogen) atoms. The van der Waals surface area contributed by atoms with E-state index in [1.807, 2.05) is 0 Å². The third-order valence-electron chi connectivity index (χ3n) is 3.36. The Morgan fingerprint density at radius 1 is 1.10 bits per heavy atom. The molecular weight excluding hydrogens is 276 g/mol. The van der Waals surface area contributed by atoms with Gasteiger partial charge in [0, 0.05) is 6.07 Å². The van der Waals surface area contributed by atoms with E-state index in [-0.39, 0.29) is 5.69 Å². The van der Waals surface area contributed by atoms with Gasteiger partial charge in [-0.1, -0.05) is 0 Å². The number of rotatable bonds is 3. The van der Waals surface area contributed by atoms with Crippen molar-refractivity contribution in [3.8, 4) is 11.5 Å². The molecule has 0 unspecified atom stereocenters. The molecule has 7 nitrogen and oxygen atoms in total. The Morgan fingerprint density at radius 3 is 2.33 bits per heavy atom. The Balaban J connectivity index is 2.52. The molecule has 0 spiro atoms. The van der Waals surface area contributed by atoms with Gasteiger partial charge >= 0.3 is 6.03 Å². The highest BCUT2D eigenvalue weighted by atomic mass is 16.5. The minimum atomic E-state index is -1.33.